The molecule has 1 atom stereocenters. The molecule has 0 bridgehead atoms. The molecule has 0 aliphatic heterocycles. The number of hydrogen-bond donors (Lipinski definition) is 1. The molecule has 1 aliphatic rings. The van der Waals surface area contributed by atoms with Crippen LogP contribution in [0.15, 0.2) is 36.4 Å². The monoisotopic (exact) mass is 468 g/mol. The Morgan fingerprint density at radius 3 is 2.28 bits per heavy atom. The number of carboxylic acid groups (broad SMARTS) is 1. The second-order valence-corrected chi connectivity index (χ2v) is 9.31. The maximum atomic E-state index is 12.9. The summed E-state index contributed by atoms with van der Waals surface area (Å²) < 4.78 is 43.8. The Balaban J connectivity index is 2.15. The normalized spacial score (nSPS) is 16.1. The fourth-order valence-corrected chi connectivity index (χ4v) is 4.35. The van der Waals surface area contributed by atoms with E-state index in [-0.39, 0.29) is 10.8 Å². The number of hydrogen-bond acceptors (Lipinski definition) is 2. The van der Waals surface area contributed by atoms with Gasteiger partial charge in [0.15, 0.2) is 6.61 Å². The van der Waals surface area contributed by atoms with Gasteiger partial charge >= 0.3 is 12.1 Å². The second kappa shape index (κ2) is 9.34. The molecule has 0 spiro atoms. The van der Waals surface area contributed by atoms with E-state index in [4.69, 9.17) is 16.3 Å². The predicted molar refractivity (Wildman–Crippen MR) is 119 cm³/mol. The molecule has 1 saturated carbocycles. The fourth-order valence-electron chi connectivity index (χ4n) is 4.08. The van der Waals surface area contributed by atoms with E-state index in [1.807, 2.05) is 32.9 Å². The molecule has 0 aromatic heterocycles. The van der Waals surface area contributed by atoms with Gasteiger partial charge in [0.25, 0.3) is 0 Å². The molecule has 174 valence electrons. The topological polar surface area (TPSA) is 46.5 Å². The molecule has 0 amide bonds. The maximum absolute atomic E-state index is 12.9. The van der Waals surface area contributed by atoms with Gasteiger partial charge in [-0.25, -0.2) is 0 Å². The summed E-state index contributed by atoms with van der Waals surface area (Å²) in [5, 5.41) is 10.1. The van der Waals surface area contributed by atoms with E-state index < -0.39 is 24.2 Å². The molecule has 1 aliphatic carbocycles. The summed E-state index contributed by atoms with van der Waals surface area (Å²) in [5.41, 5.74) is 1.40. The Morgan fingerprint density at radius 1 is 1.19 bits per heavy atom. The molecular weight excluding hydrogens is 441 g/mol. The molecular formula is C25H28ClF3O3. The SMILES string of the molecule is CCC(CC1CC1)(C(=O)O)c1cc(Cl)c(OCC(F)(F)F)c(-c2ccc(C(C)C)cc2)c1. The molecule has 3 nitrogen and oxygen atoms in total. The number of benzene rings is 2. The first-order valence-electron chi connectivity index (χ1n) is 10.8. The third-order valence-electron chi connectivity index (χ3n) is 6.21. The van der Waals surface area contributed by atoms with Crippen molar-refractivity contribution in [1.82, 2.24) is 0 Å². The number of ether oxygens (including phenoxy) is 1. The van der Waals surface area contributed by atoms with Crippen molar-refractivity contribution in [2.45, 2.75) is 64.0 Å². The van der Waals surface area contributed by atoms with E-state index in [1.165, 1.54) is 6.07 Å². The fraction of sp³-hybridized carbons (Fsp3) is 0.480. The summed E-state index contributed by atoms with van der Waals surface area (Å²) in [7, 11) is 0. The van der Waals surface area contributed by atoms with Gasteiger partial charge in [0.2, 0.25) is 0 Å². The number of rotatable bonds is 9. The molecule has 7 heteroatoms. The van der Waals surface area contributed by atoms with Crippen molar-refractivity contribution >= 4 is 17.6 Å². The van der Waals surface area contributed by atoms with Crippen LogP contribution in [-0.2, 0) is 10.2 Å². The Morgan fingerprint density at radius 2 is 1.81 bits per heavy atom. The van der Waals surface area contributed by atoms with Crippen LogP contribution in [-0.4, -0.2) is 23.9 Å². The standard InChI is InChI=1S/C25H28ClF3O3/c1-4-24(23(30)31,13-16-5-6-16)19-11-20(18-9-7-17(8-10-18)15(2)3)22(21(26)12-19)32-14-25(27,28)29/h7-12,15-16H,4-6,13-14H2,1-3H3,(H,30,31). The quantitative estimate of drug-likeness (QED) is 0.412. The van der Waals surface area contributed by atoms with Crippen LogP contribution in [0.3, 0.4) is 0 Å². The largest absolute Gasteiger partial charge is 0.482 e. The van der Waals surface area contributed by atoms with E-state index in [9.17, 15) is 23.1 Å². The lowest BCUT2D eigenvalue weighted by Crippen LogP contribution is -2.36. The Labute approximate surface area is 191 Å². The van der Waals surface area contributed by atoms with Crippen molar-refractivity contribution in [3.63, 3.8) is 0 Å². The molecule has 2 aromatic carbocycles. The molecule has 0 saturated heterocycles. The van der Waals surface area contributed by atoms with Crippen LogP contribution >= 0.6 is 11.6 Å². The second-order valence-electron chi connectivity index (χ2n) is 8.90. The average molecular weight is 469 g/mol. The minimum absolute atomic E-state index is 0.0236. The molecule has 1 unspecified atom stereocenters. The van der Waals surface area contributed by atoms with Crippen LogP contribution in [0.5, 0.6) is 5.75 Å². The summed E-state index contributed by atoms with van der Waals surface area (Å²) in [4.78, 5) is 12.4. The highest BCUT2D eigenvalue weighted by molar-refractivity contribution is 6.32. The predicted octanol–water partition coefficient (Wildman–Crippen LogP) is 7.60. The van der Waals surface area contributed by atoms with E-state index in [1.54, 1.807) is 18.2 Å². The van der Waals surface area contributed by atoms with Crippen LogP contribution in [0, 0.1) is 5.92 Å². The maximum Gasteiger partial charge on any atom is 0.422 e. The van der Waals surface area contributed by atoms with Gasteiger partial charge in [-0.2, -0.15) is 13.2 Å². The van der Waals surface area contributed by atoms with E-state index in [0.29, 0.717) is 41.4 Å². The van der Waals surface area contributed by atoms with Gasteiger partial charge in [-0.05, 0) is 53.5 Å². The molecule has 3 rings (SSSR count). The molecule has 0 heterocycles. The Bertz CT molecular complexity index is 966. The van der Waals surface area contributed by atoms with E-state index in [0.717, 1.165) is 18.4 Å². The Kier molecular flexibility index (Phi) is 7.13. The van der Waals surface area contributed by atoms with Gasteiger partial charge in [0.05, 0.1) is 10.4 Å². The van der Waals surface area contributed by atoms with Crippen molar-refractivity contribution in [1.29, 1.82) is 0 Å². The summed E-state index contributed by atoms with van der Waals surface area (Å²) in [6.45, 7) is 4.42. The van der Waals surface area contributed by atoms with Crippen molar-refractivity contribution in [3.05, 3.63) is 52.5 Å². The lowest BCUT2D eigenvalue weighted by Gasteiger charge is -2.30. The number of carbonyl (C=O) groups is 1. The number of carboxylic acids is 1. The molecule has 1 N–H and O–H groups in total. The average Bonchev–Trinajstić information content (AvgIpc) is 3.53. The van der Waals surface area contributed by atoms with Gasteiger partial charge in [0, 0.05) is 5.56 Å². The zero-order valence-electron chi connectivity index (χ0n) is 18.4. The van der Waals surface area contributed by atoms with Crippen LogP contribution < -0.4 is 4.74 Å². The summed E-state index contributed by atoms with van der Waals surface area (Å²) in [6.07, 6.45) is -1.73. The van der Waals surface area contributed by atoms with Gasteiger partial charge in [0.1, 0.15) is 5.75 Å². The van der Waals surface area contributed by atoms with Gasteiger partial charge in [-0.1, -0.05) is 69.5 Å². The third kappa shape index (κ3) is 5.40. The summed E-state index contributed by atoms with van der Waals surface area (Å²) >= 11 is 6.43. The first-order valence-corrected chi connectivity index (χ1v) is 11.2. The van der Waals surface area contributed by atoms with E-state index in [2.05, 4.69) is 0 Å². The molecule has 2 aromatic rings. The first-order chi connectivity index (χ1) is 15.0. The minimum atomic E-state index is -4.53. The highest BCUT2D eigenvalue weighted by Crippen LogP contribution is 2.48. The van der Waals surface area contributed by atoms with Gasteiger partial charge < -0.3 is 9.84 Å². The summed E-state index contributed by atoms with van der Waals surface area (Å²) in [5.74, 6) is -0.419. The third-order valence-corrected chi connectivity index (χ3v) is 6.49. The van der Waals surface area contributed by atoms with Crippen molar-refractivity contribution < 1.29 is 27.8 Å². The number of halogens is 4. The zero-order chi connectivity index (χ0) is 23.7. The van der Waals surface area contributed by atoms with Crippen molar-refractivity contribution in [2.24, 2.45) is 5.92 Å². The number of aliphatic carboxylic acids is 1. The van der Waals surface area contributed by atoms with Gasteiger partial charge in [-0.15, -0.1) is 0 Å². The summed E-state index contributed by atoms with van der Waals surface area (Å²) in [6, 6.07) is 10.5. The number of alkyl halides is 3. The minimum Gasteiger partial charge on any atom is -0.482 e. The Hall–Kier alpha value is -2.21. The zero-order valence-corrected chi connectivity index (χ0v) is 19.2. The highest BCUT2D eigenvalue weighted by Gasteiger charge is 2.44. The molecule has 0 radical (unpaired) electrons. The smallest absolute Gasteiger partial charge is 0.422 e. The van der Waals surface area contributed by atoms with Crippen LogP contribution in [0.4, 0.5) is 13.2 Å². The van der Waals surface area contributed by atoms with Gasteiger partial charge in [-0.3, -0.25) is 4.79 Å². The lowest BCUT2D eigenvalue weighted by atomic mass is 9.73. The highest BCUT2D eigenvalue weighted by atomic mass is 35.5. The lowest BCUT2D eigenvalue weighted by molar-refractivity contribution is -0.153. The van der Waals surface area contributed by atoms with E-state index >= 15 is 0 Å². The molecule has 32 heavy (non-hydrogen) atoms. The van der Waals surface area contributed by atoms with Crippen LogP contribution in [0.1, 0.15) is 63.5 Å². The van der Waals surface area contributed by atoms with Crippen LogP contribution in [0.2, 0.25) is 5.02 Å². The van der Waals surface area contributed by atoms with Crippen molar-refractivity contribution in [3.8, 4) is 16.9 Å². The first kappa shape index (κ1) is 24.4. The van der Waals surface area contributed by atoms with Crippen molar-refractivity contribution in [2.75, 3.05) is 6.61 Å². The van der Waals surface area contributed by atoms with Crippen LogP contribution in [0.25, 0.3) is 11.1 Å². The molecule has 1 fully saturated rings.